The van der Waals surface area contributed by atoms with Crippen LogP contribution in [0, 0.1) is 0 Å². The van der Waals surface area contributed by atoms with Gasteiger partial charge in [-0.1, -0.05) is 40.6 Å². The molecule has 3 aliphatic rings. The summed E-state index contributed by atoms with van der Waals surface area (Å²) in [4.78, 5) is 58.6. The summed E-state index contributed by atoms with van der Waals surface area (Å²) in [5.41, 5.74) is 11.4. The topological polar surface area (TPSA) is 221 Å². The van der Waals surface area contributed by atoms with E-state index < -0.39 is 35.4 Å². The lowest BCUT2D eigenvalue weighted by Gasteiger charge is -2.35. The molecule has 1 aromatic carbocycles. The van der Waals surface area contributed by atoms with Crippen molar-refractivity contribution in [1.82, 2.24) is 14.7 Å². The van der Waals surface area contributed by atoms with Gasteiger partial charge in [-0.05, 0) is 98.5 Å². The zero-order valence-corrected chi connectivity index (χ0v) is 32.5. The van der Waals surface area contributed by atoms with E-state index in [4.69, 9.17) is 40.5 Å². The number of carbonyl (C=O) groups excluding carboxylic acids is 4. The molecule has 0 aliphatic carbocycles. The number of ether oxygens (including phenoxy) is 4. The largest absolute Gasteiger partial charge is 0.445 e. The number of piperidine rings is 3. The van der Waals surface area contributed by atoms with Gasteiger partial charge in [0.1, 0.15) is 24.4 Å². The Morgan fingerprint density at radius 3 is 1.76 bits per heavy atom. The fourth-order valence-corrected chi connectivity index (χ4v) is 6.02. The molecule has 17 heteroatoms. The molecule has 54 heavy (non-hydrogen) atoms. The van der Waals surface area contributed by atoms with Crippen LogP contribution >= 0.6 is 0 Å². The lowest BCUT2D eigenvalue weighted by atomic mass is 10.0. The van der Waals surface area contributed by atoms with Crippen LogP contribution in [0.4, 0.5) is 14.4 Å². The molecule has 0 saturated carbocycles. The van der Waals surface area contributed by atoms with Gasteiger partial charge >= 0.3 is 24.2 Å². The van der Waals surface area contributed by atoms with Gasteiger partial charge in [-0.2, -0.15) is 0 Å². The summed E-state index contributed by atoms with van der Waals surface area (Å²) in [7, 11) is 0. The van der Waals surface area contributed by atoms with Crippen LogP contribution < -0.4 is 11.5 Å². The van der Waals surface area contributed by atoms with Gasteiger partial charge < -0.3 is 45.4 Å². The third kappa shape index (κ3) is 14.9. The first-order valence-corrected chi connectivity index (χ1v) is 18.5. The average Bonchev–Trinajstić information content (AvgIpc) is 3.14. The van der Waals surface area contributed by atoms with Crippen molar-refractivity contribution in [2.75, 3.05) is 32.8 Å². The zero-order valence-electron chi connectivity index (χ0n) is 32.5. The second-order valence-corrected chi connectivity index (χ2v) is 15.4. The monoisotopic (exact) mass is 761 g/mol. The number of amides is 3. The standard InChI is InChI=1S/C26H38N4O7.C11H21N3O3/c1-26(2,3)36-25(33)30-14-8-7-11-21(30)23(27)28-37-22(31)18-34-20-12-15-29(16-13-20)24(32)35-17-19-9-5-4-6-10-19;1-11(2,3)17-10(15)14-7-5-4-6-8(14)9(12)13-16/h4-6,9-10,20-21H,7-8,11-18H2,1-3H3,(H2,27,28);8,16H,4-7H2,1-3H3,(H2,12,13)/t21-;8-/m00/s1. The second-order valence-electron chi connectivity index (χ2n) is 15.4. The SMILES string of the molecule is CC(C)(C)OC(=O)N1CCCC[C@H]1/C(N)=N/O.CC(C)(C)OC(=O)N1CCCC[C@H]1/C(N)=N/OC(=O)COC1CCN(C(=O)OCc2ccccc2)CC1. The number of benzene rings is 1. The molecule has 4 rings (SSSR count). The average molecular weight is 762 g/mol. The molecule has 0 aromatic heterocycles. The molecular formula is C37H59N7O10. The molecule has 302 valence electrons. The maximum Gasteiger partial charge on any atom is 0.410 e. The molecule has 2 atom stereocenters. The van der Waals surface area contributed by atoms with Crippen LogP contribution in [0.3, 0.4) is 0 Å². The number of hydrogen-bond donors (Lipinski definition) is 3. The molecule has 3 saturated heterocycles. The molecule has 0 bridgehead atoms. The molecule has 0 unspecified atom stereocenters. The van der Waals surface area contributed by atoms with Crippen molar-refractivity contribution in [3.63, 3.8) is 0 Å². The van der Waals surface area contributed by atoms with Crippen LogP contribution in [-0.2, 0) is 35.2 Å². The van der Waals surface area contributed by atoms with Gasteiger partial charge in [-0.25, -0.2) is 19.2 Å². The Balaban J connectivity index is 0.000000386. The predicted octanol–water partition coefficient (Wildman–Crippen LogP) is 4.93. The smallest absolute Gasteiger partial charge is 0.410 e. The third-order valence-electron chi connectivity index (χ3n) is 8.65. The number of rotatable bonds is 8. The molecule has 3 heterocycles. The van der Waals surface area contributed by atoms with Gasteiger partial charge in [0.25, 0.3) is 0 Å². The second kappa shape index (κ2) is 20.6. The van der Waals surface area contributed by atoms with Crippen LogP contribution in [-0.4, -0.2) is 118 Å². The van der Waals surface area contributed by atoms with Gasteiger partial charge in [0.2, 0.25) is 0 Å². The summed E-state index contributed by atoms with van der Waals surface area (Å²) < 4.78 is 21.8. The van der Waals surface area contributed by atoms with E-state index in [0.29, 0.717) is 51.9 Å². The summed E-state index contributed by atoms with van der Waals surface area (Å²) in [6.07, 6.45) is 4.60. The Morgan fingerprint density at radius 1 is 0.741 bits per heavy atom. The van der Waals surface area contributed by atoms with E-state index in [0.717, 1.165) is 31.2 Å². The van der Waals surface area contributed by atoms with Gasteiger partial charge in [-0.15, -0.1) is 0 Å². The number of nitrogens with two attached hydrogens (primary N) is 2. The summed E-state index contributed by atoms with van der Waals surface area (Å²) in [6.45, 7) is 12.8. The fraction of sp³-hybridized carbons (Fsp3) is 0.676. The maximum absolute atomic E-state index is 12.5. The van der Waals surface area contributed by atoms with Crippen LogP contribution in [0.5, 0.6) is 0 Å². The number of carbonyl (C=O) groups is 4. The quantitative estimate of drug-likeness (QED) is 0.0802. The van der Waals surface area contributed by atoms with Crippen LogP contribution in [0.1, 0.15) is 98.5 Å². The molecule has 5 N–H and O–H groups in total. The van der Waals surface area contributed by atoms with Crippen molar-refractivity contribution < 1.29 is 48.2 Å². The zero-order chi connectivity index (χ0) is 39.9. The fourth-order valence-electron chi connectivity index (χ4n) is 6.02. The molecular weight excluding hydrogens is 702 g/mol. The number of likely N-dealkylation sites (tertiary alicyclic amines) is 3. The van der Waals surface area contributed by atoms with E-state index in [1.165, 1.54) is 9.80 Å². The number of amidine groups is 2. The summed E-state index contributed by atoms with van der Waals surface area (Å²) in [5, 5.41) is 15.5. The van der Waals surface area contributed by atoms with Crippen molar-refractivity contribution in [2.45, 2.75) is 129 Å². The Labute approximate surface area is 317 Å². The third-order valence-corrected chi connectivity index (χ3v) is 8.65. The summed E-state index contributed by atoms with van der Waals surface area (Å²) in [6, 6.07) is 8.64. The Hall–Kier alpha value is -4.80. The first kappa shape index (κ1) is 43.6. The minimum absolute atomic E-state index is 0.0428. The Kier molecular flexibility index (Phi) is 16.6. The first-order valence-electron chi connectivity index (χ1n) is 18.5. The predicted molar refractivity (Wildman–Crippen MR) is 199 cm³/mol. The van der Waals surface area contributed by atoms with Crippen LogP contribution in [0.25, 0.3) is 0 Å². The lowest BCUT2D eigenvalue weighted by Crippen LogP contribution is -2.52. The van der Waals surface area contributed by atoms with E-state index in [1.807, 2.05) is 51.1 Å². The van der Waals surface area contributed by atoms with Crippen molar-refractivity contribution in [2.24, 2.45) is 21.8 Å². The minimum atomic E-state index is -0.688. The minimum Gasteiger partial charge on any atom is -0.445 e. The molecule has 3 amide bonds. The summed E-state index contributed by atoms with van der Waals surface area (Å²) >= 11 is 0. The highest BCUT2D eigenvalue weighted by atomic mass is 16.7. The van der Waals surface area contributed by atoms with Crippen molar-refractivity contribution >= 4 is 35.9 Å². The van der Waals surface area contributed by atoms with Gasteiger partial charge in [0.15, 0.2) is 11.7 Å². The van der Waals surface area contributed by atoms with Crippen molar-refractivity contribution in [3.8, 4) is 0 Å². The lowest BCUT2D eigenvalue weighted by molar-refractivity contribution is -0.152. The molecule has 17 nitrogen and oxygen atoms in total. The first-order chi connectivity index (χ1) is 25.5. The normalized spacial score (nSPS) is 20.3. The van der Waals surface area contributed by atoms with Gasteiger partial charge in [0.05, 0.1) is 18.2 Å². The highest BCUT2D eigenvalue weighted by Gasteiger charge is 2.34. The van der Waals surface area contributed by atoms with Gasteiger partial charge in [0, 0.05) is 26.2 Å². The molecule has 3 fully saturated rings. The molecule has 0 spiro atoms. The van der Waals surface area contributed by atoms with Crippen molar-refractivity contribution in [3.05, 3.63) is 35.9 Å². The number of oxime groups is 2. The van der Waals surface area contributed by atoms with E-state index in [9.17, 15) is 19.2 Å². The Bertz CT molecular complexity index is 1440. The highest BCUT2D eigenvalue weighted by molar-refractivity contribution is 5.89. The molecule has 3 aliphatic heterocycles. The molecule has 1 aromatic rings. The number of hydrogen-bond acceptors (Lipinski definition) is 12. The highest BCUT2D eigenvalue weighted by Crippen LogP contribution is 2.22. The van der Waals surface area contributed by atoms with Gasteiger partial charge in [-0.3, -0.25) is 9.80 Å². The van der Waals surface area contributed by atoms with E-state index in [-0.39, 0.29) is 43.1 Å². The molecule has 0 radical (unpaired) electrons. The van der Waals surface area contributed by atoms with Crippen LogP contribution in [0.15, 0.2) is 40.6 Å². The van der Waals surface area contributed by atoms with Crippen molar-refractivity contribution in [1.29, 1.82) is 0 Å². The maximum atomic E-state index is 12.5. The van der Waals surface area contributed by atoms with E-state index >= 15 is 0 Å². The van der Waals surface area contributed by atoms with E-state index in [2.05, 4.69) is 10.3 Å². The van der Waals surface area contributed by atoms with Crippen LogP contribution in [0.2, 0.25) is 0 Å². The summed E-state index contributed by atoms with van der Waals surface area (Å²) in [5.74, 6) is -0.580. The van der Waals surface area contributed by atoms with E-state index in [1.54, 1.807) is 25.7 Å². The number of nitrogens with zero attached hydrogens (tertiary/aromatic N) is 5. The Morgan fingerprint density at radius 2 is 1.26 bits per heavy atom.